The van der Waals surface area contributed by atoms with Crippen LogP contribution in [0.25, 0.3) is 0 Å². The van der Waals surface area contributed by atoms with Crippen molar-refractivity contribution in [2.45, 2.75) is 6.10 Å². The smallest absolute Gasteiger partial charge is 0.235 e. The van der Waals surface area contributed by atoms with Gasteiger partial charge < -0.3 is 5.11 Å². The first kappa shape index (κ1) is 13.6. The maximum absolute atomic E-state index is 11.9. The van der Waals surface area contributed by atoms with Crippen molar-refractivity contribution in [2.75, 3.05) is 10.5 Å². The molecule has 19 heavy (non-hydrogen) atoms. The Balaban J connectivity index is 2.06. The van der Waals surface area contributed by atoms with E-state index in [2.05, 4.69) is 4.72 Å². The molecule has 0 amide bonds. The van der Waals surface area contributed by atoms with Gasteiger partial charge in [-0.15, -0.1) is 0 Å². The third kappa shape index (κ3) is 4.08. The van der Waals surface area contributed by atoms with Crippen molar-refractivity contribution in [3.63, 3.8) is 0 Å². The Morgan fingerprint density at radius 1 is 0.947 bits per heavy atom. The molecular formula is C14H15NO3S. The van der Waals surface area contributed by atoms with Gasteiger partial charge in [-0.1, -0.05) is 48.5 Å². The van der Waals surface area contributed by atoms with E-state index >= 15 is 0 Å². The van der Waals surface area contributed by atoms with E-state index in [1.807, 2.05) is 6.07 Å². The molecule has 100 valence electrons. The van der Waals surface area contributed by atoms with E-state index in [0.717, 1.165) is 0 Å². The average molecular weight is 277 g/mol. The van der Waals surface area contributed by atoms with Crippen LogP contribution in [-0.4, -0.2) is 19.3 Å². The second-order valence-corrected chi connectivity index (χ2v) is 5.94. The summed E-state index contributed by atoms with van der Waals surface area (Å²) in [7, 11) is -3.58. The van der Waals surface area contributed by atoms with Crippen LogP contribution >= 0.6 is 0 Å². The normalized spacial score (nSPS) is 12.9. The molecule has 0 saturated heterocycles. The van der Waals surface area contributed by atoms with Crippen LogP contribution in [0.15, 0.2) is 60.7 Å². The van der Waals surface area contributed by atoms with Crippen LogP contribution in [0.1, 0.15) is 11.7 Å². The first-order valence-corrected chi connectivity index (χ1v) is 7.50. The lowest BCUT2D eigenvalue weighted by molar-refractivity contribution is 0.202. The fourth-order valence-corrected chi connectivity index (χ4v) is 2.89. The number of para-hydroxylation sites is 1. The average Bonchev–Trinajstić information content (AvgIpc) is 2.39. The Labute approximate surface area is 112 Å². The van der Waals surface area contributed by atoms with E-state index in [-0.39, 0.29) is 5.75 Å². The molecule has 0 saturated carbocycles. The molecule has 0 fully saturated rings. The first-order valence-electron chi connectivity index (χ1n) is 5.85. The highest BCUT2D eigenvalue weighted by atomic mass is 32.2. The maximum atomic E-state index is 11.9. The van der Waals surface area contributed by atoms with Gasteiger partial charge in [0, 0.05) is 5.69 Å². The van der Waals surface area contributed by atoms with Crippen molar-refractivity contribution in [3.8, 4) is 0 Å². The minimum Gasteiger partial charge on any atom is -0.387 e. The fraction of sp³-hybridized carbons (Fsp3) is 0.143. The molecule has 0 radical (unpaired) electrons. The first-order chi connectivity index (χ1) is 9.07. The summed E-state index contributed by atoms with van der Waals surface area (Å²) in [6.45, 7) is 0. The van der Waals surface area contributed by atoms with E-state index < -0.39 is 16.1 Å². The van der Waals surface area contributed by atoms with Crippen LogP contribution in [0, 0.1) is 0 Å². The van der Waals surface area contributed by atoms with Crippen LogP contribution < -0.4 is 4.72 Å². The third-order valence-corrected chi connectivity index (χ3v) is 3.91. The molecule has 5 heteroatoms. The number of sulfonamides is 1. The highest BCUT2D eigenvalue weighted by Crippen LogP contribution is 2.16. The molecular weight excluding hydrogens is 262 g/mol. The molecule has 0 aliphatic carbocycles. The van der Waals surface area contributed by atoms with Gasteiger partial charge in [0.05, 0.1) is 11.9 Å². The summed E-state index contributed by atoms with van der Waals surface area (Å²) in [5.41, 5.74) is 1.07. The molecule has 2 aromatic rings. The Morgan fingerprint density at radius 2 is 1.47 bits per heavy atom. The van der Waals surface area contributed by atoms with Gasteiger partial charge in [0.2, 0.25) is 10.0 Å². The van der Waals surface area contributed by atoms with Gasteiger partial charge >= 0.3 is 0 Å². The zero-order valence-corrected chi connectivity index (χ0v) is 11.0. The van der Waals surface area contributed by atoms with Crippen LogP contribution in [0.5, 0.6) is 0 Å². The van der Waals surface area contributed by atoms with Gasteiger partial charge in [-0.25, -0.2) is 8.42 Å². The number of anilines is 1. The van der Waals surface area contributed by atoms with Crippen LogP contribution in [0.2, 0.25) is 0 Å². The lowest BCUT2D eigenvalue weighted by Gasteiger charge is -2.13. The van der Waals surface area contributed by atoms with Gasteiger partial charge in [-0.2, -0.15) is 0 Å². The van der Waals surface area contributed by atoms with E-state index in [4.69, 9.17) is 0 Å². The predicted molar refractivity (Wildman–Crippen MR) is 75.3 cm³/mol. The van der Waals surface area contributed by atoms with Crippen molar-refractivity contribution in [2.24, 2.45) is 0 Å². The quantitative estimate of drug-likeness (QED) is 0.880. The molecule has 0 heterocycles. The highest BCUT2D eigenvalue weighted by molar-refractivity contribution is 7.92. The molecule has 4 nitrogen and oxygen atoms in total. The summed E-state index contributed by atoms with van der Waals surface area (Å²) < 4.78 is 26.3. The van der Waals surface area contributed by atoms with Crippen molar-refractivity contribution < 1.29 is 13.5 Å². The van der Waals surface area contributed by atoms with E-state index in [1.165, 1.54) is 0 Å². The Bertz CT molecular complexity index is 612. The maximum Gasteiger partial charge on any atom is 0.235 e. The summed E-state index contributed by atoms with van der Waals surface area (Å²) in [5, 5.41) is 9.91. The Morgan fingerprint density at radius 3 is 2.05 bits per heavy atom. The molecule has 0 unspecified atom stereocenters. The van der Waals surface area contributed by atoms with Gasteiger partial charge in [-0.05, 0) is 17.7 Å². The standard InChI is InChI=1S/C14H15NO3S/c16-14(12-7-3-1-4-8-12)11-19(17,18)15-13-9-5-2-6-10-13/h1-10,14-16H,11H2/t14-/m1/s1. The SMILES string of the molecule is O=S(=O)(C[C@@H](O)c1ccccc1)Nc1ccccc1. The number of rotatable bonds is 5. The zero-order valence-electron chi connectivity index (χ0n) is 10.2. The lowest BCUT2D eigenvalue weighted by Crippen LogP contribution is -2.21. The number of nitrogens with one attached hydrogen (secondary N) is 1. The minimum atomic E-state index is -3.58. The highest BCUT2D eigenvalue weighted by Gasteiger charge is 2.18. The summed E-state index contributed by atoms with van der Waals surface area (Å²) in [6, 6.07) is 17.3. The molecule has 1 atom stereocenters. The molecule has 0 aliphatic rings. The second-order valence-electron chi connectivity index (χ2n) is 4.18. The van der Waals surface area contributed by atoms with Gasteiger partial charge in [0.1, 0.15) is 0 Å². The summed E-state index contributed by atoms with van der Waals surface area (Å²) in [6.07, 6.45) is -1.04. The van der Waals surface area contributed by atoms with Crippen LogP contribution in [-0.2, 0) is 10.0 Å². The summed E-state index contributed by atoms with van der Waals surface area (Å²) >= 11 is 0. The Hall–Kier alpha value is -1.85. The number of hydrogen-bond donors (Lipinski definition) is 2. The van der Waals surface area contributed by atoms with Gasteiger partial charge in [-0.3, -0.25) is 4.72 Å². The summed E-state index contributed by atoms with van der Waals surface area (Å²) in [5.74, 6) is -0.369. The van der Waals surface area contributed by atoms with Gasteiger partial charge in [0.25, 0.3) is 0 Å². The fourth-order valence-electron chi connectivity index (χ4n) is 1.71. The van der Waals surface area contributed by atoms with Crippen molar-refractivity contribution in [1.82, 2.24) is 0 Å². The van der Waals surface area contributed by atoms with Crippen LogP contribution in [0.3, 0.4) is 0 Å². The number of benzene rings is 2. The number of aliphatic hydroxyl groups excluding tert-OH is 1. The molecule has 0 spiro atoms. The number of hydrogen-bond acceptors (Lipinski definition) is 3. The van der Waals surface area contributed by atoms with Gasteiger partial charge in [0.15, 0.2) is 0 Å². The number of aliphatic hydroxyl groups is 1. The van der Waals surface area contributed by atoms with Crippen molar-refractivity contribution in [1.29, 1.82) is 0 Å². The van der Waals surface area contributed by atoms with E-state index in [0.29, 0.717) is 11.3 Å². The van der Waals surface area contributed by atoms with Crippen molar-refractivity contribution >= 4 is 15.7 Å². The minimum absolute atomic E-state index is 0.369. The van der Waals surface area contributed by atoms with E-state index in [1.54, 1.807) is 54.6 Å². The third-order valence-electron chi connectivity index (χ3n) is 2.61. The molecule has 0 aliphatic heterocycles. The molecule has 0 aromatic heterocycles. The largest absolute Gasteiger partial charge is 0.387 e. The Kier molecular flexibility index (Phi) is 4.19. The molecule has 2 aromatic carbocycles. The molecule has 0 bridgehead atoms. The predicted octanol–water partition coefficient (Wildman–Crippen LogP) is 2.16. The van der Waals surface area contributed by atoms with Crippen LogP contribution in [0.4, 0.5) is 5.69 Å². The molecule has 2 N–H and O–H groups in total. The second kappa shape index (κ2) is 5.86. The zero-order chi connectivity index (χ0) is 13.7. The summed E-state index contributed by atoms with van der Waals surface area (Å²) in [4.78, 5) is 0. The topological polar surface area (TPSA) is 66.4 Å². The van der Waals surface area contributed by atoms with Crippen molar-refractivity contribution in [3.05, 3.63) is 66.2 Å². The molecule has 2 rings (SSSR count). The van der Waals surface area contributed by atoms with E-state index in [9.17, 15) is 13.5 Å². The lowest BCUT2D eigenvalue weighted by atomic mass is 10.1. The monoisotopic (exact) mass is 277 g/mol.